The number of aromatic nitrogens is 1. The Morgan fingerprint density at radius 1 is 1.02 bits per heavy atom. The Hall–Kier alpha value is -3.50. The third kappa shape index (κ3) is 6.45. The number of benzene rings is 3. The maximum atomic E-state index is 14.3. The zero-order chi connectivity index (χ0) is 31.7. The molecule has 0 N–H and O–H groups in total. The van der Waals surface area contributed by atoms with Crippen LogP contribution in [-0.4, -0.2) is 35.9 Å². The van der Waals surface area contributed by atoms with Crippen LogP contribution in [-0.2, 0) is 22.6 Å². The largest absolute Gasteiger partial charge is 0.491 e. The van der Waals surface area contributed by atoms with Crippen molar-refractivity contribution in [2.75, 3.05) is 13.4 Å². The summed E-state index contributed by atoms with van der Waals surface area (Å²) in [6, 6.07) is 14.9. The van der Waals surface area contributed by atoms with E-state index in [4.69, 9.17) is 23.7 Å². The number of esters is 1. The second-order valence-electron chi connectivity index (χ2n) is 11.6. The number of halogens is 2. The van der Waals surface area contributed by atoms with Crippen molar-refractivity contribution in [3.63, 3.8) is 0 Å². The summed E-state index contributed by atoms with van der Waals surface area (Å²) in [5, 5.41) is 0.789. The number of rotatable bonds is 10. The molecule has 0 saturated carbocycles. The predicted molar refractivity (Wildman–Crippen MR) is 178 cm³/mol. The summed E-state index contributed by atoms with van der Waals surface area (Å²) in [6.07, 6.45) is 4.03. The van der Waals surface area contributed by atoms with Crippen LogP contribution in [0.5, 0.6) is 23.0 Å². The smallest absolute Gasteiger partial charge is 0.313 e. The van der Waals surface area contributed by atoms with E-state index in [1.165, 1.54) is 0 Å². The van der Waals surface area contributed by atoms with Gasteiger partial charge in [0.25, 0.3) is 5.91 Å². The van der Waals surface area contributed by atoms with Gasteiger partial charge in [0, 0.05) is 22.7 Å². The molecular weight excluding hydrogens is 706 g/mol. The van der Waals surface area contributed by atoms with Crippen molar-refractivity contribution >= 4 is 54.6 Å². The normalized spacial score (nSPS) is 15.3. The van der Waals surface area contributed by atoms with Gasteiger partial charge in [0.2, 0.25) is 6.79 Å². The van der Waals surface area contributed by atoms with Crippen molar-refractivity contribution < 1.29 is 33.3 Å². The summed E-state index contributed by atoms with van der Waals surface area (Å²) in [5.41, 5.74) is 3.63. The van der Waals surface area contributed by atoms with Gasteiger partial charge in [0.05, 0.1) is 33.1 Å². The Labute approximate surface area is 279 Å². The number of carbonyl (C=O) groups is 2. The Bertz CT molecular complexity index is 1720. The highest BCUT2D eigenvalue weighted by atomic mass is 79.9. The molecule has 10 heteroatoms. The van der Waals surface area contributed by atoms with Gasteiger partial charge in [-0.2, -0.15) is 0 Å². The highest BCUT2D eigenvalue weighted by Crippen LogP contribution is 2.45. The molecule has 1 atom stereocenters. The molecule has 45 heavy (non-hydrogen) atoms. The molecule has 0 fully saturated rings. The number of unbranched alkanes of at least 4 members (excludes halogenated alkanes) is 1. The second kappa shape index (κ2) is 13.5. The van der Waals surface area contributed by atoms with Crippen LogP contribution in [0.15, 0.2) is 57.5 Å². The third-order valence-corrected chi connectivity index (χ3v) is 9.19. The van der Waals surface area contributed by atoms with Gasteiger partial charge < -0.3 is 23.7 Å². The van der Waals surface area contributed by atoms with Crippen LogP contribution < -0.4 is 18.9 Å². The first-order chi connectivity index (χ1) is 21.7. The van der Waals surface area contributed by atoms with Gasteiger partial charge in [-0.05, 0) is 113 Å². The molecule has 0 spiro atoms. The number of fused-ring (bicyclic) bond motifs is 4. The van der Waals surface area contributed by atoms with Crippen molar-refractivity contribution in [3.05, 3.63) is 79.9 Å². The molecule has 0 radical (unpaired) electrons. The zero-order valence-electron chi connectivity index (χ0n) is 25.5. The Morgan fingerprint density at radius 3 is 2.42 bits per heavy atom. The first-order valence-electron chi connectivity index (χ1n) is 15.3. The van der Waals surface area contributed by atoms with Gasteiger partial charge in [-0.25, -0.2) is 0 Å². The molecular formula is C35H35Br2NO7. The average molecular weight is 741 g/mol. The van der Waals surface area contributed by atoms with E-state index in [2.05, 4.69) is 38.8 Å². The molecule has 0 amide bonds. The molecule has 3 aromatic carbocycles. The minimum absolute atomic E-state index is 0.0772. The zero-order valence-corrected chi connectivity index (χ0v) is 28.7. The van der Waals surface area contributed by atoms with Gasteiger partial charge in [0.15, 0.2) is 11.5 Å². The predicted octanol–water partition coefficient (Wildman–Crippen LogP) is 8.71. The number of carbonyl (C=O) groups excluding carboxylic acids is 2. The lowest BCUT2D eigenvalue weighted by atomic mass is 9.85. The van der Waals surface area contributed by atoms with Crippen LogP contribution in [0.4, 0.5) is 0 Å². The first-order valence-corrected chi connectivity index (χ1v) is 16.9. The molecule has 2 heterocycles. The molecule has 4 aromatic rings. The molecule has 0 saturated heterocycles. The van der Waals surface area contributed by atoms with Crippen molar-refractivity contribution in [1.29, 1.82) is 0 Å². The average Bonchev–Trinajstić information content (AvgIpc) is 3.61. The number of nitrogens with zero attached hydrogens (tertiary/aromatic N) is 1. The SMILES string of the molecule is CCCCOc1c(Br)cc(C(=O)n2c3c(c4cc5c(cc42)OCO5)C(C(=O)OCc2ccc(OC(C)C)cc2)CCC3)cc1Br. The van der Waals surface area contributed by atoms with Crippen LogP contribution >= 0.6 is 31.9 Å². The number of hydrogen-bond acceptors (Lipinski definition) is 7. The quantitative estimate of drug-likeness (QED) is 0.119. The number of hydrogen-bond donors (Lipinski definition) is 0. The van der Waals surface area contributed by atoms with E-state index >= 15 is 0 Å². The van der Waals surface area contributed by atoms with Gasteiger partial charge in [-0.15, -0.1) is 0 Å². The Kier molecular flexibility index (Phi) is 9.42. The van der Waals surface area contributed by atoms with Gasteiger partial charge in [-0.3, -0.25) is 14.2 Å². The fourth-order valence-corrected chi connectivity index (χ4v) is 7.35. The van der Waals surface area contributed by atoms with Crippen molar-refractivity contribution in [2.45, 2.75) is 71.5 Å². The lowest BCUT2D eigenvalue weighted by molar-refractivity contribution is -0.147. The van der Waals surface area contributed by atoms with Gasteiger partial charge in [-0.1, -0.05) is 25.5 Å². The van der Waals surface area contributed by atoms with Crippen molar-refractivity contribution in [1.82, 2.24) is 4.57 Å². The van der Waals surface area contributed by atoms with Gasteiger partial charge in [0.1, 0.15) is 18.1 Å². The van der Waals surface area contributed by atoms with E-state index in [9.17, 15) is 9.59 Å². The summed E-state index contributed by atoms with van der Waals surface area (Å²) in [4.78, 5) is 28.0. The van der Waals surface area contributed by atoms with Crippen molar-refractivity contribution in [3.8, 4) is 23.0 Å². The fraction of sp³-hybridized carbons (Fsp3) is 0.371. The van der Waals surface area contributed by atoms with Crippen LogP contribution in [0, 0.1) is 0 Å². The molecule has 6 rings (SSSR count). The molecule has 1 aliphatic heterocycles. The van der Waals surface area contributed by atoms with Gasteiger partial charge >= 0.3 is 5.97 Å². The third-order valence-electron chi connectivity index (χ3n) is 8.01. The molecule has 236 valence electrons. The molecule has 8 nitrogen and oxygen atoms in total. The fourth-order valence-electron chi connectivity index (χ4n) is 5.93. The lowest BCUT2D eigenvalue weighted by Crippen LogP contribution is -2.23. The molecule has 0 bridgehead atoms. The summed E-state index contributed by atoms with van der Waals surface area (Å²) < 4.78 is 32.0. The first kappa shape index (κ1) is 31.5. The summed E-state index contributed by atoms with van der Waals surface area (Å²) in [5.74, 6) is 1.54. The van der Waals surface area contributed by atoms with Crippen LogP contribution in [0.3, 0.4) is 0 Å². The highest BCUT2D eigenvalue weighted by Gasteiger charge is 2.36. The monoisotopic (exact) mass is 739 g/mol. The van der Waals surface area contributed by atoms with Crippen LogP contribution in [0.1, 0.15) is 79.6 Å². The highest BCUT2D eigenvalue weighted by molar-refractivity contribution is 9.11. The standard InChI is InChI=1S/C35H35Br2NO7/c1-4-5-13-41-33-26(36)14-22(15-27(33)37)34(39)38-28-8-6-7-24(32(28)25-16-30-31(17-29(25)38)44-19-43-30)35(40)42-18-21-9-11-23(12-10-21)45-20(2)3/h9-12,14-17,20,24H,4-8,13,18-19H2,1-3H3. The molecule has 1 aromatic heterocycles. The lowest BCUT2D eigenvalue weighted by Gasteiger charge is -2.23. The Balaban J connectivity index is 1.34. The maximum absolute atomic E-state index is 14.3. The summed E-state index contributed by atoms with van der Waals surface area (Å²) >= 11 is 7.21. The molecule has 1 unspecified atom stereocenters. The van der Waals surface area contributed by atoms with Crippen LogP contribution in [0.2, 0.25) is 0 Å². The van der Waals surface area contributed by atoms with E-state index in [-0.39, 0.29) is 31.4 Å². The van der Waals surface area contributed by atoms with E-state index in [0.717, 1.165) is 47.2 Å². The molecule has 1 aliphatic carbocycles. The van der Waals surface area contributed by atoms with E-state index < -0.39 is 5.92 Å². The second-order valence-corrected chi connectivity index (χ2v) is 13.3. The summed E-state index contributed by atoms with van der Waals surface area (Å²) in [6.45, 7) is 6.89. The van der Waals surface area contributed by atoms with E-state index in [1.807, 2.05) is 50.2 Å². The van der Waals surface area contributed by atoms with E-state index in [1.54, 1.807) is 16.7 Å². The minimum atomic E-state index is -0.526. The topological polar surface area (TPSA) is 85.2 Å². The van der Waals surface area contributed by atoms with Crippen LogP contribution in [0.25, 0.3) is 10.9 Å². The van der Waals surface area contributed by atoms with Crippen molar-refractivity contribution in [2.24, 2.45) is 0 Å². The number of ether oxygens (including phenoxy) is 5. The summed E-state index contributed by atoms with van der Waals surface area (Å²) in [7, 11) is 0. The Morgan fingerprint density at radius 2 is 1.73 bits per heavy atom. The minimum Gasteiger partial charge on any atom is -0.491 e. The maximum Gasteiger partial charge on any atom is 0.313 e. The van der Waals surface area contributed by atoms with E-state index in [0.29, 0.717) is 56.7 Å². The molecule has 2 aliphatic rings.